The van der Waals surface area contributed by atoms with Crippen LogP contribution in [-0.4, -0.2) is 4.98 Å². The number of hydrogen-bond acceptors (Lipinski definition) is 1. The molecule has 2 aromatic rings. The molecule has 0 N–H and O–H groups in total. The molecule has 1 aromatic carbocycles. The highest BCUT2D eigenvalue weighted by Gasteiger charge is 2.52. The van der Waals surface area contributed by atoms with E-state index in [0.29, 0.717) is 5.41 Å². The third kappa shape index (κ3) is 1.12. The van der Waals surface area contributed by atoms with E-state index in [0.717, 1.165) is 17.4 Å². The van der Waals surface area contributed by atoms with Gasteiger partial charge in [-0.15, -0.1) is 0 Å². The normalized spacial score (nSPS) is 28.6. The van der Waals surface area contributed by atoms with Gasteiger partial charge in [-0.3, -0.25) is 4.98 Å². The number of aromatic nitrogens is 1. The van der Waals surface area contributed by atoms with Gasteiger partial charge in [-0.05, 0) is 47.8 Å². The van der Waals surface area contributed by atoms with E-state index in [1.807, 2.05) is 0 Å². The Hall–Kier alpha value is -1.37. The Bertz CT molecular complexity index is 612. The van der Waals surface area contributed by atoms with Gasteiger partial charge < -0.3 is 0 Å². The van der Waals surface area contributed by atoms with Crippen LogP contribution in [-0.2, 0) is 6.42 Å². The third-order valence-corrected chi connectivity index (χ3v) is 5.12. The Kier molecular flexibility index (Phi) is 1.64. The molecule has 0 aliphatic heterocycles. The molecule has 2 atom stereocenters. The number of rotatable bonds is 0. The maximum absolute atomic E-state index is 4.86. The summed E-state index contributed by atoms with van der Waals surface area (Å²) in [6.45, 7) is 4.84. The van der Waals surface area contributed by atoms with Crippen LogP contribution in [0.15, 0.2) is 30.3 Å². The van der Waals surface area contributed by atoms with Gasteiger partial charge in [-0.25, -0.2) is 0 Å². The molecule has 1 nitrogen and oxygen atoms in total. The monoisotopic (exact) mass is 223 g/mol. The molecule has 17 heavy (non-hydrogen) atoms. The van der Waals surface area contributed by atoms with Crippen LogP contribution in [0.25, 0.3) is 10.9 Å². The molecule has 0 spiro atoms. The number of para-hydroxylation sites is 1. The van der Waals surface area contributed by atoms with Crippen LogP contribution in [0, 0.1) is 11.3 Å². The lowest BCUT2D eigenvalue weighted by Gasteiger charge is -2.56. The smallest absolute Gasteiger partial charge is 0.0705 e. The summed E-state index contributed by atoms with van der Waals surface area (Å²) in [5.41, 5.74) is 4.54. The largest absolute Gasteiger partial charge is 0.253 e. The number of nitrogens with zero attached hydrogens (tertiary/aromatic N) is 1. The average Bonchev–Trinajstić information content (AvgIpc) is 2.35. The van der Waals surface area contributed by atoms with Crippen LogP contribution >= 0.6 is 0 Å². The topological polar surface area (TPSA) is 12.9 Å². The van der Waals surface area contributed by atoms with Gasteiger partial charge in [0.2, 0.25) is 0 Å². The fourth-order valence-corrected chi connectivity index (χ4v) is 3.76. The van der Waals surface area contributed by atoms with Crippen LogP contribution < -0.4 is 0 Å². The first-order valence-corrected chi connectivity index (χ1v) is 6.55. The predicted octanol–water partition coefficient (Wildman–Crippen LogP) is 3.92. The number of hydrogen-bond donors (Lipinski definition) is 0. The summed E-state index contributed by atoms with van der Waals surface area (Å²) in [7, 11) is 0. The van der Waals surface area contributed by atoms with Crippen molar-refractivity contribution < 1.29 is 0 Å². The SMILES string of the molecule is CC1(C)C2Cc3nc4ccccc4cc3C1C2. The lowest BCUT2D eigenvalue weighted by Crippen LogP contribution is -2.48. The molecule has 0 saturated heterocycles. The molecule has 0 radical (unpaired) electrons. The van der Waals surface area contributed by atoms with E-state index in [2.05, 4.69) is 44.2 Å². The van der Waals surface area contributed by atoms with Crippen molar-refractivity contribution in [3.63, 3.8) is 0 Å². The standard InChI is InChI=1S/C16H17N/c1-16(2)11-8-13(16)12-7-10-5-3-4-6-14(10)17-15(12)9-11/h3-7,11,13H,8-9H2,1-2H3. The number of pyridine rings is 1. The highest BCUT2D eigenvalue weighted by molar-refractivity contribution is 5.80. The lowest BCUT2D eigenvalue weighted by molar-refractivity contribution is 0.0172. The van der Waals surface area contributed by atoms with E-state index < -0.39 is 0 Å². The summed E-state index contributed by atoms with van der Waals surface area (Å²) >= 11 is 0. The zero-order valence-electron chi connectivity index (χ0n) is 10.4. The first-order valence-electron chi connectivity index (χ1n) is 6.55. The minimum atomic E-state index is 0.497. The second-order valence-corrected chi connectivity index (χ2v) is 6.23. The summed E-state index contributed by atoms with van der Waals surface area (Å²) in [4.78, 5) is 4.86. The lowest BCUT2D eigenvalue weighted by atomic mass is 9.48. The predicted molar refractivity (Wildman–Crippen MR) is 70.1 cm³/mol. The summed E-state index contributed by atoms with van der Waals surface area (Å²) in [6, 6.07) is 10.9. The van der Waals surface area contributed by atoms with Crippen molar-refractivity contribution in [2.24, 2.45) is 11.3 Å². The molecule has 0 amide bonds. The van der Waals surface area contributed by atoms with Crippen molar-refractivity contribution in [2.45, 2.75) is 32.6 Å². The Balaban J connectivity index is 1.97. The van der Waals surface area contributed by atoms with Crippen molar-refractivity contribution in [3.8, 4) is 0 Å². The Morgan fingerprint density at radius 2 is 2.06 bits per heavy atom. The van der Waals surface area contributed by atoms with Gasteiger partial charge in [0.1, 0.15) is 0 Å². The highest BCUT2D eigenvalue weighted by Crippen LogP contribution is 2.61. The maximum atomic E-state index is 4.86. The number of fused-ring (bicyclic) bond motifs is 1. The second kappa shape index (κ2) is 2.90. The molecule has 1 fully saturated rings. The van der Waals surface area contributed by atoms with Gasteiger partial charge in [-0.1, -0.05) is 32.0 Å². The molecule has 2 unspecified atom stereocenters. The molecule has 1 heterocycles. The van der Waals surface area contributed by atoms with Gasteiger partial charge in [0.05, 0.1) is 5.52 Å². The molecule has 3 aliphatic carbocycles. The van der Waals surface area contributed by atoms with E-state index in [1.165, 1.54) is 29.5 Å². The van der Waals surface area contributed by atoms with Gasteiger partial charge in [-0.2, -0.15) is 0 Å². The molecule has 86 valence electrons. The van der Waals surface area contributed by atoms with Gasteiger partial charge in [0, 0.05) is 11.1 Å². The fraction of sp³-hybridized carbons (Fsp3) is 0.438. The van der Waals surface area contributed by atoms with Crippen molar-refractivity contribution in [3.05, 3.63) is 41.6 Å². The first-order chi connectivity index (χ1) is 8.16. The fourth-order valence-electron chi connectivity index (χ4n) is 3.76. The van der Waals surface area contributed by atoms with Crippen LogP contribution in [0.4, 0.5) is 0 Å². The van der Waals surface area contributed by atoms with Crippen LogP contribution in [0.2, 0.25) is 0 Å². The van der Waals surface area contributed by atoms with E-state index in [9.17, 15) is 0 Å². The molecular formula is C16H17N. The van der Waals surface area contributed by atoms with Crippen molar-refractivity contribution in [1.29, 1.82) is 0 Å². The van der Waals surface area contributed by atoms with Crippen molar-refractivity contribution >= 4 is 10.9 Å². The molecule has 1 saturated carbocycles. The minimum Gasteiger partial charge on any atom is -0.253 e. The van der Waals surface area contributed by atoms with Crippen molar-refractivity contribution in [2.75, 3.05) is 0 Å². The van der Waals surface area contributed by atoms with Crippen LogP contribution in [0.1, 0.15) is 37.4 Å². The number of benzene rings is 1. The third-order valence-electron chi connectivity index (χ3n) is 5.12. The van der Waals surface area contributed by atoms with E-state index >= 15 is 0 Å². The van der Waals surface area contributed by atoms with E-state index in [-0.39, 0.29) is 0 Å². The molecule has 3 aliphatic rings. The summed E-state index contributed by atoms with van der Waals surface area (Å²) in [5.74, 6) is 1.60. The summed E-state index contributed by atoms with van der Waals surface area (Å²) in [5, 5.41) is 1.30. The molecule has 1 aromatic heterocycles. The Labute approximate surface area is 102 Å². The quantitative estimate of drug-likeness (QED) is 0.659. The average molecular weight is 223 g/mol. The summed E-state index contributed by atoms with van der Waals surface area (Å²) in [6.07, 6.45) is 2.56. The van der Waals surface area contributed by atoms with Gasteiger partial charge in [0.15, 0.2) is 0 Å². The summed E-state index contributed by atoms with van der Waals surface area (Å²) < 4.78 is 0. The van der Waals surface area contributed by atoms with Crippen LogP contribution in [0.5, 0.6) is 0 Å². The van der Waals surface area contributed by atoms with Crippen LogP contribution in [0.3, 0.4) is 0 Å². The van der Waals surface area contributed by atoms with E-state index in [4.69, 9.17) is 4.98 Å². The second-order valence-electron chi connectivity index (χ2n) is 6.23. The zero-order chi connectivity index (χ0) is 11.6. The molecule has 1 heteroatoms. The minimum absolute atomic E-state index is 0.497. The maximum Gasteiger partial charge on any atom is 0.0705 e. The molecule has 5 rings (SSSR count). The molecule has 2 bridgehead atoms. The van der Waals surface area contributed by atoms with Crippen molar-refractivity contribution in [1.82, 2.24) is 4.98 Å². The van der Waals surface area contributed by atoms with Gasteiger partial charge in [0.25, 0.3) is 0 Å². The Morgan fingerprint density at radius 3 is 2.88 bits per heavy atom. The first kappa shape index (κ1) is 9.64. The zero-order valence-corrected chi connectivity index (χ0v) is 10.4. The van der Waals surface area contributed by atoms with Gasteiger partial charge >= 0.3 is 0 Å². The Morgan fingerprint density at radius 1 is 1.24 bits per heavy atom. The highest BCUT2D eigenvalue weighted by atomic mass is 14.7. The molecular weight excluding hydrogens is 206 g/mol. The van der Waals surface area contributed by atoms with E-state index in [1.54, 1.807) is 0 Å².